The highest BCUT2D eigenvalue weighted by atomic mass is 19.4. The number of para-hydroxylation sites is 1. The number of nitrogens with one attached hydrogen (secondary N) is 1. The summed E-state index contributed by atoms with van der Waals surface area (Å²) in [5.74, 6) is -0.0892. The summed E-state index contributed by atoms with van der Waals surface area (Å²) >= 11 is 0. The first kappa shape index (κ1) is 12.2. The van der Waals surface area contributed by atoms with E-state index in [0.717, 1.165) is 25.5 Å². The molecule has 1 aliphatic heterocycles. The third kappa shape index (κ3) is 3.12. The molecule has 0 bridgehead atoms. The first-order chi connectivity index (χ1) is 8.07. The second-order valence-corrected chi connectivity index (χ2v) is 4.10. The van der Waals surface area contributed by atoms with Gasteiger partial charge in [-0.15, -0.1) is 0 Å². The van der Waals surface area contributed by atoms with Crippen LogP contribution in [0.15, 0.2) is 24.3 Å². The molecule has 1 aliphatic rings. The van der Waals surface area contributed by atoms with Crippen molar-refractivity contribution in [1.29, 1.82) is 0 Å². The van der Waals surface area contributed by atoms with Crippen molar-refractivity contribution in [2.24, 2.45) is 0 Å². The van der Waals surface area contributed by atoms with Crippen molar-refractivity contribution >= 4 is 0 Å². The van der Waals surface area contributed by atoms with Crippen LogP contribution >= 0.6 is 0 Å². The molecule has 0 amide bonds. The average Bonchev–Trinajstić information content (AvgIpc) is 2.78. The van der Waals surface area contributed by atoms with Crippen LogP contribution in [-0.2, 0) is 6.18 Å². The monoisotopic (exact) mass is 245 g/mol. The number of hydrogen-bond donors (Lipinski definition) is 1. The fourth-order valence-corrected chi connectivity index (χ4v) is 1.92. The van der Waals surface area contributed by atoms with Crippen LogP contribution in [0.5, 0.6) is 5.75 Å². The minimum Gasteiger partial charge on any atom is -0.491 e. The van der Waals surface area contributed by atoms with Gasteiger partial charge in [0.25, 0.3) is 0 Å². The Kier molecular flexibility index (Phi) is 3.57. The number of rotatable bonds is 3. The molecule has 5 heteroatoms. The number of halogens is 3. The molecule has 1 fully saturated rings. The fourth-order valence-electron chi connectivity index (χ4n) is 1.92. The van der Waals surface area contributed by atoms with Gasteiger partial charge in [0.2, 0.25) is 0 Å². The van der Waals surface area contributed by atoms with Gasteiger partial charge in [-0.2, -0.15) is 13.2 Å². The molecule has 1 aromatic rings. The molecular formula is C12H14F3NO. The second-order valence-electron chi connectivity index (χ2n) is 4.10. The fraction of sp³-hybridized carbons (Fsp3) is 0.500. The SMILES string of the molecule is FC(F)(F)c1ccccc1OC[C@H]1CCCN1. The topological polar surface area (TPSA) is 21.3 Å². The van der Waals surface area contributed by atoms with Crippen LogP contribution in [0, 0.1) is 0 Å². The standard InChI is InChI=1S/C12H14F3NO/c13-12(14,15)10-5-1-2-6-11(10)17-8-9-4-3-7-16-9/h1-2,5-6,9,16H,3-4,7-8H2/t9-/m1/s1. The van der Waals surface area contributed by atoms with Gasteiger partial charge in [0.05, 0.1) is 5.56 Å². The largest absolute Gasteiger partial charge is 0.491 e. The van der Waals surface area contributed by atoms with E-state index in [0.29, 0.717) is 0 Å². The quantitative estimate of drug-likeness (QED) is 0.884. The lowest BCUT2D eigenvalue weighted by Gasteiger charge is -2.16. The summed E-state index contributed by atoms with van der Waals surface area (Å²) in [6, 6.07) is 5.47. The normalized spacial score (nSPS) is 20.5. The summed E-state index contributed by atoms with van der Waals surface area (Å²) in [6.45, 7) is 1.20. The van der Waals surface area contributed by atoms with E-state index < -0.39 is 11.7 Å². The molecule has 0 saturated carbocycles. The maximum absolute atomic E-state index is 12.7. The average molecular weight is 245 g/mol. The third-order valence-corrected chi connectivity index (χ3v) is 2.79. The molecule has 0 spiro atoms. The van der Waals surface area contributed by atoms with Crippen LogP contribution in [0.3, 0.4) is 0 Å². The maximum atomic E-state index is 12.7. The van der Waals surface area contributed by atoms with Crippen molar-refractivity contribution in [3.63, 3.8) is 0 Å². The molecule has 1 aromatic carbocycles. The first-order valence-corrected chi connectivity index (χ1v) is 5.60. The van der Waals surface area contributed by atoms with E-state index in [9.17, 15) is 13.2 Å². The van der Waals surface area contributed by atoms with Gasteiger partial charge in [0.1, 0.15) is 12.4 Å². The van der Waals surface area contributed by atoms with E-state index in [-0.39, 0.29) is 18.4 Å². The Labute approximate surface area is 97.8 Å². The number of hydrogen-bond acceptors (Lipinski definition) is 2. The van der Waals surface area contributed by atoms with Gasteiger partial charge in [-0.3, -0.25) is 0 Å². The van der Waals surface area contributed by atoms with Crippen molar-refractivity contribution in [2.75, 3.05) is 13.2 Å². The molecule has 94 valence electrons. The van der Waals surface area contributed by atoms with E-state index in [1.807, 2.05) is 0 Å². The van der Waals surface area contributed by atoms with Gasteiger partial charge in [0.15, 0.2) is 0 Å². The predicted molar refractivity (Wildman–Crippen MR) is 58.0 cm³/mol. The molecule has 1 N–H and O–H groups in total. The van der Waals surface area contributed by atoms with Crippen molar-refractivity contribution < 1.29 is 17.9 Å². The highest BCUT2D eigenvalue weighted by molar-refractivity contribution is 5.35. The molecule has 0 radical (unpaired) electrons. The first-order valence-electron chi connectivity index (χ1n) is 5.60. The van der Waals surface area contributed by atoms with Crippen molar-refractivity contribution in [2.45, 2.75) is 25.1 Å². The lowest BCUT2D eigenvalue weighted by molar-refractivity contribution is -0.139. The summed E-state index contributed by atoms with van der Waals surface area (Å²) in [4.78, 5) is 0. The van der Waals surface area contributed by atoms with Gasteiger partial charge >= 0.3 is 6.18 Å². The van der Waals surface area contributed by atoms with Crippen LogP contribution in [0.4, 0.5) is 13.2 Å². The van der Waals surface area contributed by atoms with E-state index in [4.69, 9.17) is 4.74 Å². The Morgan fingerprint density at radius 2 is 2.06 bits per heavy atom. The summed E-state index contributed by atoms with van der Waals surface area (Å²) in [6.07, 6.45) is -2.36. The minimum absolute atomic E-state index is 0.0892. The Morgan fingerprint density at radius 1 is 1.29 bits per heavy atom. The molecule has 17 heavy (non-hydrogen) atoms. The Balaban J connectivity index is 2.04. The molecule has 0 aliphatic carbocycles. The number of ether oxygens (including phenoxy) is 1. The Hall–Kier alpha value is -1.23. The second kappa shape index (κ2) is 4.96. The summed E-state index contributed by atoms with van der Waals surface area (Å²) in [5.41, 5.74) is -0.710. The van der Waals surface area contributed by atoms with E-state index >= 15 is 0 Å². The predicted octanol–water partition coefficient (Wildman–Crippen LogP) is 2.84. The van der Waals surface area contributed by atoms with E-state index in [1.54, 1.807) is 6.07 Å². The minimum atomic E-state index is -4.36. The third-order valence-electron chi connectivity index (χ3n) is 2.79. The summed E-state index contributed by atoms with van der Waals surface area (Å²) < 4.78 is 43.2. The van der Waals surface area contributed by atoms with Crippen molar-refractivity contribution in [3.05, 3.63) is 29.8 Å². The van der Waals surface area contributed by atoms with Crippen LogP contribution in [0.25, 0.3) is 0 Å². The molecule has 0 aromatic heterocycles. The molecule has 2 rings (SSSR count). The van der Waals surface area contributed by atoms with Crippen molar-refractivity contribution in [3.8, 4) is 5.75 Å². The van der Waals surface area contributed by atoms with Gasteiger partial charge in [-0.25, -0.2) is 0 Å². The van der Waals surface area contributed by atoms with Crippen LogP contribution in [0.2, 0.25) is 0 Å². The molecule has 2 nitrogen and oxygen atoms in total. The zero-order chi connectivity index (χ0) is 12.3. The molecule has 1 saturated heterocycles. The van der Waals surface area contributed by atoms with Gasteiger partial charge in [-0.1, -0.05) is 12.1 Å². The maximum Gasteiger partial charge on any atom is 0.419 e. The Morgan fingerprint density at radius 3 is 2.71 bits per heavy atom. The highest BCUT2D eigenvalue weighted by Crippen LogP contribution is 2.35. The zero-order valence-electron chi connectivity index (χ0n) is 9.26. The van der Waals surface area contributed by atoms with Gasteiger partial charge in [-0.05, 0) is 31.5 Å². The highest BCUT2D eigenvalue weighted by Gasteiger charge is 2.34. The summed E-state index contributed by atoms with van der Waals surface area (Å²) in [7, 11) is 0. The van der Waals surface area contributed by atoms with E-state index in [1.165, 1.54) is 12.1 Å². The van der Waals surface area contributed by atoms with Crippen LogP contribution in [0.1, 0.15) is 18.4 Å². The Bertz CT molecular complexity index is 372. The molecule has 1 atom stereocenters. The zero-order valence-corrected chi connectivity index (χ0v) is 9.26. The molecule has 1 heterocycles. The summed E-state index contributed by atoms with van der Waals surface area (Å²) in [5, 5.41) is 3.18. The molecular weight excluding hydrogens is 231 g/mol. The lowest BCUT2D eigenvalue weighted by atomic mass is 10.2. The number of benzene rings is 1. The smallest absolute Gasteiger partial charge is 0.419 e. The van der Waals surface area contributed by atoms with Gasteiger partial charge in [0, 0.05) is 6.04 Å². The molecule has 0 unspecified atom stereocenters. The van der Waals surface area contributed by atoms with Crippen molar-refractivity contribution in [1.82, 2.24) is 5.32 Å². The lowest BCUT2D eigenvalue weighted by Crippen LogP contribution is -2.28. The van der Waals surface area contributed by atoms with Crippen LogP contribution in [-0.4, -0.2) is 19.2 Å². The van der Waals surface area contributed by atoms with Gasteiger partial charge < -0.3 is 10.1 Å². The van der Waals surface area contributed by atoms with E-state index in [2.05, 4.69) is 5.32 Å². The number of alkyl halides is 3. The van der Waals surface area contributed by atoms with Crippen LogP contribution < -0.4 is 10.1 Å².